The van der Waals surface area contributed by atoms with Gasteiger partial charge in [0.15, 0.2) is 0 Å². The average Bonchev–Trinajstić information content (AvgIpc) is 2.83. The van der Waals surface area contributed by atoms with Crippen LogP contribution in [0.1, 0.15) is 12.0 Å². The second-order valence-electron chi connectivity index (χ2n) is 4.69. The Labute approximate surface area is 110 Å². The fourth-order valence-electron chi connectivity index (χ4n) is 1.83. The molecule has 1 aromatic carbocycles. The molecule has 0 bridgehead atoms. The van der Waals surface area contributed by atoms with Crippen LogP contribution < -0.4 is 10.6 Å². The van der Waals surface area contributed by atoms with Gasteiger partial charge in [0.2, 0.25) is 0 Å². The summed E-state index contributed by atoms with van der Waals surface area (Å²) in [5.41, 5.74) is -0.160. The average molecular weight is 268 g/mol. The lowest BCUT2D eigenvalue weighted by Crippen LogP contribution is -2.46. The number of benzene rings is 1. The van der Waals surface area contributed by atoms with Crippen molar-refractivity contribution in [3.8, 4) is 0 Å². The van der Waals surface area contributed by atoms with Crippen LogP contribution in [0.4, 0.5) is 9.18 Å². The summed E-state index contributed by atoms with van der Waals surface area (Å²) >= 11 is 0. The van der Waals surface area contributed by atoms with Crippen LogP contribution in [0.5, 0.6) is 0 Å². The molecule has 0 aliphatic carbocycles. The molecule has 0 unspecified atom stereocenters. The Kier molecular flexibility index (Phi) is 4.34. The Hall–Kier alpha value is -1.66. The summed E-state index contributed by atoms with van der Waals surface area (Å²) in [7, 11) is 0. The first-order valence-electron chi connectivity index (χ1n) is 6.14. The summed E-state index contributed by atoms with van der Waals surface area (Å²) < 4.78 is 17.8. The molecule has 1 aromatic rings. The third kappa shape index (κ3) is 4.18. The number of ether oxygens (including phenoxy) is 1. The van der Waals surface area contributed by atoms with Gasteiger partial charge >= 0.3 is 6.03 Å². The third-order valence-electron chi connectivity index (χ3n) is 3.03. The molecular formula is C13H17FN2O3. The number of hydrogen-bond donors (Lipinski definition) is 3. The van der Waals surface area contributed by atoms with Gasteiger partial charge in [-0.25, -0.2) is 9.18 Å². The van der Waals surface area contributed by atoms with Gasteiger partial charge in [-0.15, -0.1) is 0 Å². The van der Waals surface area contributed by atoms with Crippen molar-refractivity contribution in [1.29, 1.82) is 0 Å². The molecule has 1 atom stereocenters. The van der Waals surface area contributed by atoms with E-state index < -0.39 is 5.60 Å². The first kappa shape index (κ1) is 13.8. The monoisotopic (exact) mass is 268 g/mol. The van der Waals surface area contributed by atoms with Crippen molar-refractivity contribution in [3.05, 3.63) is 35.6 Å². The molecule has 1 aliphatic rings. The van der Waals surface area contributed by atoms with Crippen molar-refractivity contribution in [2.75, 3.05) is 19.8 Å². The Balaban J connectivity index is 1.71. The van der Waals surface area contributed by atoms with Gasteiger partial charge < -0.3 is 20.5 Å². The van der Waals surface area contributed by atoms with E-state index in [-0.39, 0.29) is 25.0 Å². The number of amides is 2. The van der Waals surface area contributed by atoms with Gasteiger partial charge in [-0.1, -0.05) is 12.1 Å². The quantitative estimate of drug-likeness (QED) is 0.755. The van der Waals surface area contributed by atoms with Crippen LogP contribution in [-0.2, 0) is 11.3 Å². The lowest BCUT2D eigenvalue weighted by Gasteiger charge is -2.20. The SMILES string of the molecule is O=C(NCc1ccc(F)cc1)NC[C@]1(O)CCOC1. The summed E-state index contributed by atoms with van der Waals surface area (Å²) in [6.07, 6.45) is 0.519. The number of hydrogen-bond acceptors (Lipinski definition) is 3. The maximum absolute atomic E-state index is 12.7. The second kappa shape index (κ2) is 5.99. The molecule has 1 saturated heterocycles. The molecule has 6 heteroatoms. The smallest absolute Gasteiger partial charge is 0.315 e. The highest BCUT2D eigenvalue weighted by Gasteiger charge is 2.32. The van der Waals surface area contributed by atoms with Gasteiger partial charge in [0, 0.05) is 19.6 Å². The van der Waals surface area contributed by atoms with E-state index in [2.05, 4.69) is 10.6 Å². The summed E-state index contributed by atoms with van der Waals surface area (Å²) in [5.74, 6) is -0.309. The molecule has 1 fully saturated rings. The molecule has 104 valence electrons. The molecule has 3 N–H and O–H groups in total. The zero-order chi connectivity index (χ0) is 13.7. The number of carbonyl (C=O) groups is 1. The molecule has 0 aromatic heterocycles. The molecule has 2 rings (SSSR count). The number of carbonyl (C=O) groups excluding carboxylic acids is 1. The van der Waals surface area contributed by atoms with E-state index in [1.54, 1.807) is 12.1 Å². The molecule has 1 heterocycles. The lowest BCUT2D eigenvalue weighted by molar-refractivity contribution is 0.0292. The molecule has 19 heavy (non-hydrogen) atoms. The van der Waals surface area contributed by atoms with Crippen LogP contribution in [0.15, 0.2) is 24.3 Å². The number of nitrogens with one attached hydrogen (secondary N) is 2. The van der Waals surface area contributed by atoms with Gasteiger partial charge in [-0.3, -0.25) is 0 Å². The maximum atomic E-state index is 12.7. The zero-order valence-electron chi connectivity index (χ0n) is 10.5. The molecule has 0 saturated carbocycles. The third-order valence-corrected chi connectivity index (χ3v) is 3.03. The van der Waals surface area contributed by atoms with Crippen molar-refractivity contribution in [1.82, 2.24) is 10.6 Å². The summed E-state index contributed by atoms with van der Waals surface area (Å²) in [6.45, 7) is 1.21. The predicted molar refractivity (Wildman–Crippen MR) is 67.0 cm³/mol. The highest BCUT2D eigenvalue weighted by atomic mass is 19.1. The second-order valence-corrected chi connectivity index (χ2v) is 4.69. The largest absolute Gasteiger partial charge is 0.386 e. The number of aliphatic hydroxyl groups is 1. The molecule has 2 amide bonds. The van der Waals surface area contributed by atoms with E-state index in [0.29, 0.717) is 19.6 Å². The van der Waals surface area contributed by atoms with Crippen LogP contribution in [0.3, 0.4) is 0 Å². The van der Waals surface area contributed by atoms with E-state index in [0.717, 1.165) is 5.56 Å². The molecule has 1 aliphatic heterocycles. The summed E-state index contributed by atoms with van der Waals surface area (Å²) in [5, 5.41) is 15.2. The first-order chi connectivity index (χ1) is 9.07. The Morgan fingerprint density at radius 2 is 2.11 bits per heavy atom. The first-order valence-corrected chi connectivity index (χ1v) is 6.14. The standard InChI is InChI=1S/C13H17FN2O3/c14-11-3-1-10(2-4-11)7-15-12(17)16-8-13(18)5-6-19-9-13/h1-4,18H,5-9H2,(H2,15,16,17)/t13-/m1/s1. The van der Waals surface area contributed by atoms with E-state index in [1.165, 1.54) is 12.1 Å². The fraction of sp³-hybridized carbons (Fsp3) is 0.462. The van der Waals surface area contributed by atoms with Crippen LogP contribution in [0.2, 0.25) is 0 Å². The molecule has 0 radical (unpaired) electrons. The van der Waals surface area contributed by atoms with E-state index in [1.807, 2.05) is 0 Å². The van der Waals surface area contributed by atoms with Crippen molar-refractivity contribution in [2.45, 2.75) is 18.6 Å². The zero-order valence-corrected chi connectivity index (χ0v) is 10.5. The summed E-state index contributed by atoms with van der Waals surface area (Å²) in [4.78, 5) is 11.5. The Morgan fingerprint density at radius 3 is 2.74 bits per heavy atom. The van der Waals surface area contributed by atoms with Crippen LogP contribution in [0, 0.1) is 5.82 Å². The normalized spacial score (nSPS) is 22.2. The van der Waals surface area contributed by atoms with Gasteiger partial charge in [0.25, 0.3) is 0 Å². The fourth-order valence-corrected chi connectivity index (χ4v) is 1.83. The van der Waals surface area contributed by atoms with Crippen molar-refractivity contribution >= 4 is 6.03 Å². The highest BCUT2D eigenvalue weighted by molar-refractivity contribution is 5.73. The van der Waals surface area contributed by atoms with Crippen LogP contribution in [0.25, 0.3) is 0 Å². The number of rotatable bonds is 4. The molecular weight excluding hydrogens is 251 g/mol. The van der Waals surface area contributed by atoms with Gasteiger partial charge in [-0.2, -0.15) is 0 Å². The topological polar surface area (TPSA) is 70.6 Å². The predicted octanol–water partition coefficient (Wildman–Crippen LogP) is 0.776. The van der Waals surface area contributed by atoms with Gasteiger partial charge in [-0.05, 0) is 17.7 Å². The maximum Gasteiger partial charge on any atom is 0.315 e. The van der Waals surface area contributed by atoms with E-state index in [4.69, 9.17) is 4.74 Å². The minimum Gasteiger partial charge on any atom is -0.386 e. The van der Waals surface area contributed by atoms with E-state index in [9.17, 15) is 14.3 Å². The number of urea groups is 1. The lowest BCUT2D eigenvalue weighted by atomic mass is 10.0. The minimum absolute atomic E-state index is 0.155. The minimum atomic E-state index is -0.965. The number of halogens is 1. The van der Waals surface area contributed by atoms with Gasteiger partial charge in [0.05, 0.1) is 13.2 Å². The Morgan fingerprint density at radius 1 is 1.37 bits per heavy atom. The van der Waals surface area contributed by atoms with Crippen LogP contribution in [-0.4, -0.2) is 36.5 Å². The van der Waals surface area contributed by atoms with Crippen molar-refractivity contribution < 1.29 is 19.0 Å². The summed E-state index contributed by atoms with van der Waals surface area (Å²) in [6, 6.07) is 5.52. The highest BCUT2D eigenvalue weighted by Crippen LogP contribution is 2.16. The van der Waals surface area contributed by atoms with Gasteiger partial charge in [0.1, 0.15) is 11.4 Å². The van der Waals surface area contributed by atoms with Crippen LogP contribution >= 0.6 is 0 Å². The Bertz CT molecular complexity index is 430. The molecule has 5 nitrogen and oxygen atoms in total. The van der Waals surface area contributed by atoms with E-state index >= 15 is 0 Å². The molecule has 0 spiro atoms. The van der Waals surface area contributed by atoms with Crippen molar-refractivity contribution in [3.63, 3.8) is 0 Å². The van der Waals surface area contributed by atoms with Crippen molar-refractivity contribution in [2.24, 2.45) is 0 Å².